The minimum absolute atomic E-state index is 0.0281. The maximum atomic E-state index is 13.1. The number of benzene rings is 1. The summed E-state index contributed by atoms with van der Waals surface area (Å²) in [6.45, 7) is 4.16. The van der Waals surface area contributed by atoms with Crippen LogP contribution in [-0.2, 0) is 4.74 Å². The molecule has 0 fully saturated rings. The normalized spacial score (nSPS) is 12.5. The van der Waals surface area contributed by atoms with Crippen molar-refractivity contribution in [2.75, 3.05) is 13.7 Å². The van der Waals surface area contributed by atoms with Crippen LogP contribution in [0.1, 0.15) is 29.3 Å². The predicted molar refractivity (Wildman–Crippen MR) is 61.1 cm³/mol. The molecule has 1 unspecified atom stereocenters. The van der Waals surface area contributed by atoms with E-state index < -0.39 is 0 Å². The van der Waals surface area contributed by atoms with Crippen molar-refractivity contribution >= 4 is 5.78 Å². The number of rotatable bonds is 5. The molecule has 0 saturated carbocycles. The minimum Gasteiger partial charge on any atom is -0.385 e. The van der Waals surface area contributed by atoms with Gasteiger partial charge in [-0.15, -0.1) is 0 Å². The maximum Gasteiger partial charge on any atom is 0.165 e. The standard InChI is InChI=1S/C13H17FO2/c1-9-6-11(8-12(14)7-9)13(15)10(2)4-5-16-3/h6-8,10H,4-5H2,1-3H3. The van der Waals surface area contributed by atoms with Crippen LogP contribution in [0.2, 0.25) is 0 Å². The molecule has 1 aromatic rings. The molecular weight excluding hydrogens is 207 g/mol. The molecule has 0 heterocycles. The third kappa shape index (κ3) is 3.42. The van der Waals surface area contributed by atoms with E-state index in [1.165, 1.54) is 12.1 Å². The highest BCUT2D eigenvalue weighted by atomic mass is 19.1. The third-order valence-corrected chi connectivity index (χ3v) is 2.53. The highest BCUT2D eigenvalue weighted by Crippen LogP contribution is 2.15. The van der Waals surface area contributed by atoms with Gasteiger partial charge in [0.25, 0.3) is 0 Å². The molecule has 0 aliphatic heterocycles. The molecule has 0 aliphatic carbocycles. The molecule has 16 heavy (non-hydrogen) atoms. The molecule has 3 heteroatoms. The molecular formula is C13H17FO2. The predicted octanol–water partition coefficient (Wildman–Crippen LogP) is 2.99. The van der Waals surface area contributed by atoms with Gasteiger partial charge in [-0.1, -0.05) is 6.92 Å². The van der Waals surface area contributed by atoms with E-state index in [1.807, 2.05) is 6.92 Å². The van der Waals surface area contributed by atoms with Crippen LogP contribution in [0.3, 0.4) is 0 Å². The lowest BCUT2D eigenvalue weighted by Gasteiger charge is -2.10. The molecule has 2 nitrogen and oxygen atoms in total. The van der Waals surface area contributed by atoms with Crippen LogP contribution in [0.5, 0.6) is 0 Å². The molecule has 0 aromatic heterocycles. The molecule has 0 N–H and O–H groups in total. The van der Waals surface area contributed by atoms with Gasteiger partial charge in [-0.25, -0.2) is 4.39 Å². The molecule has 1 aromatic carbocycles. The Morgan fingerprint density at radius 2 is 2.12 bits per heavy atom. The summed E-state index contributed by atoms with van der Waals surface area (Å²) >= 11 is 0. The van der Waals surface area contributed by atoms with Crippen LogP contribution in [0, 0.1) is 18.7 Å². The zero-order valence-electron chi connectivity index (χ0n) is 9.92. The number of ketones is 1. The van der Waals surface area contributed by atoms with E-state index in [9.17, 15) is 9.18 Å². The van der Waals surface area contributed by atoms with Crippen LogP contribution in [0.25, 0.3) is 0 Å². The average molecular weight is 224 g/mol. The van der Waals surface area contributed by atoms with Gasteiger partial charge in [-0.2, -0.15) is 0 Å². The molecule has 1 rings (SSSR count). The SMILES string of the molecule is COCCC(C)C(=O)c1cc(C)cc(F)c1. The Morgan fingerprint density at radius 3 is 2.69 bits per heavy atom. The fraction of sp³-hybridized carbons (Fsp3) is 0.462. The number of aryl methyl sites for hydroxylation is 1. The molecule has 0 spiro atoms. The summed E-state index contributed by atoms with van der Waals surface area (Å²) in [6.07, 6.45) is 0.658. The van der Waals surface area contributed by atoms with Crippen LogP contribution in [0.4, 0.5) is 4.39 Å². The highest BCUT2D eigenvalue weighted by molar-refractivity contribution is 5.97. The third-order valence-electron chi connectivity index (χ3n) is 2.53. The van der Waals surface area contributed by atoms with E-state index in [-0.39, 0.29) is 17.5 Å². The van der Waals surface area contributed by atoms with Crippen molar-refractivity contribution in [3.05, 3.63) is 35.1 Å². The van der Waals surface area contributed by atoms with E-state index in [1.54, 1.807) is 20.1 Å². The fourth-order valence-corrected chi connectivity index (χ4v) is 1.59. The number of halogens is 1. The molecule has 0 amide bonds. The van der Waals surface area contributed by atoms with Crippen molar-refractivity contribution in [1.82, 2.24) is 0 Å². The largest absolute Gasteiger partial charge is 0.385 e. The number of carbonyl (C=O) groups excluding carboxylic acids is 1. The lowest BCUT2D eigenvalue weighted by molar-refractivity contribution is 0.0893. The van der Waals surface area contributed by atoms with Crippen LogP contribution < -0.4 is 0 Å². The molecule has 1 atom stereocenters. The van der Waals surface area contributed by atoms with E-state index in [2.05, 4.69) is 0 Å². The minimum atomic E-state index is -0.359. The van der Waals surface area contributed by atoms with Gasteiger partial charge in [0.1, 0.15) is 5.82 Å². The number of ether oxygens (including phenoxy) is 1. The maximum absolute atomic E-state index is 13.1. The second kappa shape index (κ2) is 5.75. The summed E-state index contributed by atoms with van der Waals surface area (Å²) in [4.78, 5) is 11.9. The average Bonchev–Trinajstić information content (AvgIpc) is 2.23. The summed E-state index contributed by atoms with van der Waals surface area (Å²) in [5.41, 5.74) is 1.21. The molecule has 88 valence electrons. The quantitative estimate of drug-likeness (QED) is 0.719. The second-order valence-corrected chi connectivity index (χ2v) is 4.06. The number of hydrogen-bond acceptors (Lipinski definition) is 2. The number of methoxy groups -OCH3 is 1. The smallest absolute Gasteiger partial charge is 0.165 e. The van der Waals surface area contributed by atoms with Crippen LogP contribution in [-0.4, -0.2) is 19.5 Å². The Morgan fingerprint density at radius 1 is 1.44 bits per heavy atom. The second-order valence-electron chi connectivity index (χ2n) is 4.06. The Bertz CT molecular complexity index is 354. The lowest BCUT2D eigenvalue weighted by atomic mass is 9.95. The first-order chi connectivity index (χ1) is 7.54. The van der Waals surface area contributed by atoms with E-state index in [0.29, 0.717) is 18.6 Å². The summed E-state index contributed by atoms with van der Waals surface area (Å²) in [5, 5.41) is 0. The van der Waals surface area contributed by atoms with Crippen LogP contribution in [0.15, 0.2) is 18.2 Å². The van der Waals surface area contributed by atoms with Crippen molar-refractivity contribution < 1.29 is 13.9 Å². The number of hydrogen-bond donors (Lipinski definition) is 0. The van der Waals surface area contributed by atoms with Gasteiger partial charge in [-0.3, -0.25) is 4.79 Å². The van der Waals surface area contributed by atoms with Gasteiger partial charge in [-0.05, 0) is 37.1 Å². The monoisotopic (exact) mass is 224 g/mol. The fourth-order valence-electron chi connectivity index (χ4n) is 1.59. The Hall–Kier alpha value is -1.22. The topological polar surface area (TPSA) is 26.3 Å². The lowest BCUT2D eigenvalue weighted by Crippen LogP contribution is -2.13. The molecule has 0 radical (unpaired) electrons. The van der Waals surface area contributed by atoms with E-state index in [0.717, 1.165) is 5.56 Å². The number of Topliss-reactive ketones (excluding diaryl/α,β-unsaturated/α-hetero) is 1. The van der Waals surface area contributed by atoms with Crippen molar-refractivity contribution in [2.45, 2.75) is 20.3 Å². The Labute approximate surface area is 95.4 Å². The molecule has 0 bridgehead atoms. The highest BCUT2D eigenvalue weighted by Gasteiger charge is 2.15. The first-order valence-corrected chi connectivity index (χ1v) is 5.35. The zero-order chi connectivity index (χ0) is 12.1. The van der Waals surface area contributed by atoms with Gasteiger partial charge >= 0.3 is 0 Å². The van der Waals surface area contributed by atoms with Crippen molar-refractivity contribution in [1.29, 1.82) is 0 Å². The Kier molecular flexibility index (Phi) is 4.62. The summed E-state index contributed by atoms with van der Waals surface area (Å²) < 4.78 is 18.0. The van der Waals surface area contributed by atoms with Gasteiger partial charge < -0.3 is 4.74 Å². The van der Waals surface area contributed by atoms with Gasteiger partial charge in [0.2, 0.25) is 0 Å². The summed E-state index contributed by atoms with van der Waals surface area (Å²) in [5.74, 6) is -0.525. The Balaban J connectivity index is 2.79. The summed E-state index contributed by atoms with van der Waals surface area (Å²) in [6, 6.07) is 4.42. The van der Waals surface area contributed by atoms with Crippen molar-refractivity contribution in [3.63, 3.8) is 0 Å². The molecule has 0 aliphatic rings. The van der Waals surface area contributed by atoms with E-state index in [4.69, 9.17) is 4.74 Å². The first-order valence-electron chi connectivity index (χ1n) is 5.35. The number of carbonyl (C=O) groups is 1. The first kappa shape index (κ1) is 12.8. The van der Waals surface area contributed by atoms with Crippen molar-refractivity contribution in [3.8, 4) is 0 Å². The van der Waals surface area contributed by atoms with Gasteiger partial charge in [0, 0.05) is 25.2 Å². The zero-order valence-corrected chi connectivity index (χ0v) is 9.92. The summed E-state index contributed by atoms with van der Waals surface area (Å²) in [7, 11) is 1.60. The van der Waals surface area contributed by atoms with E-state index >= 15 is 0 Å². The van der Waals surface area contributed by atoms with Gasteiger partial charge in [0.15, 0.2) is 5.78 Å². The van der Waals surface area contributed by atoms with Crippen molar-refractivity contribution in [2.24, 2.45) is 5.92 Å². The van der Waals surface area contributed by atoms with Crippen LogP contribution >= 0.6 is 0 Å². The van der Waals surface area contributed by atoms with Gasteiger partial charge in [0.05, 0.1) is 0 Å². The molecule has 0 saturated heterocycles.